The predicted octanol–water partition coefficient (Wildman–Crippen LogP) is 3.17. The van der Waals surface area contributed by atoms with Gasteiger partial charge in [0.05, 0.1) is 13.7 Å². The molecule has 2 aromatic heterocycles. The first kappa shape index (κ1) is 22.3. The minimum Gasteiger partial charge on any atom is -0.464 e. The number of carbonyl (C=O) groups excluding carboxylic acids is 3. The average Bonchev–Trinajstić information content (AvgIpc) is 2.96. The molecule has 0 bridgehead atoms. The summed E-state index contributed by atoms with van der Waals surface area (Å²) in [7, 11) is 1.32. The molecule has 0 aliphatic carbocycles. The Bertz CT molecular complexity index is 901. The van der Waals surface area contributed by atoms with E-state index in [-0.39, 0.29) is 24.2 Å². The molecule has 156 valence electrons. The fraction of sp³-hybridized carbons (Fsp3) is 0.455. The second-order valence-electron chi connectivity index (χ2n) is 7.30. The van der Waals surface area contributed by atoms with Crippen LogP contribution in [0.3, 0.4) is 0 Å². The molecule has 0 saturated carbocycles. The second-order valence-corrected chi connectivity index (χ2v) is 7.30. The van der Waals surface area contributed by atoms with Gasteiger partial charge in [-0.15, -0.1) is 0 Å². The number of aromatic nitrogens is 2. The Morgan fingerprint density at radius 2 is 1.93 bits per heavy atom. The third-order valence-electron chi connectivity index (χ3n) is 4.98. The molecule has 0 spiro atoms. The van der Waals surface area contributed by atoms with E-state index in [1.807, 2.05) is 33.8 Å². The van der Waals surface area contributed by atoms with Crippen molar-refractivity contribution in [3.05, 3.63) is 52.6 Å². The van der Waals surface area contributed by atoms with Crippen molar-refractivity contribution >= 4 is 17.7 Å². The number of amides is 1. The number of ether oxygens (including phenoxy) is 1. The number of rotatable bonds is 8. The first-order valence-corrected chi connectivity index (χ1v) is 9.71. The summed E-state index contributed by atoms with van der Waals surface area (Å²) in [6, 6.07) is 3.67. The number of hydrogen-bond donors (Lipinski definition) is 0. The van der Waals surface area contributed by atoms with E-state index in [0.717, 1.165) is 5.56 Å². The number of hydrogen-bond acceptors (Lipinski definition) is 5. The van der Waals surface area contributed by atoms with Gasteiger partial charge in [-0.25, -0.2) is 4.79 Å². The van der Waals surface area contributed by atoms with Gasteiger partial charge in [0.2, 0.25) is 5.91 Å². The monoisotopic (exact) mass is 399 g/mol. The SMILES string of the molecule is CCn1c(C)c(C(=O)CN(Cc2cccnc2)C(=O)C(C)C)c(C)c1C(=O)OC. The molecule has 0 N–H and O–H groups in total. The van der Waals surface area contributed by atoms with E-state index in [2.05, 4.69) is 4.98 Å². The lowest BCUT2D eigenvalue weighted by Crippen LogP contribution is -2.38. The molecule has 0 radical (unpaired) electrons. The lowest BCUT2D eigenvalue weighted by Gasteiger charge is -2.24. The summed E-state index contributed by atoms with van der Waals surface area (Å²) >= 11 is 0. The van der Waals surface area contributed by atoms with Crippen LogP contribution < -0.4 is 0 Å². The van der Waals surface area contributed by atoms with Gasteiger partial charge in [0.15, 0.2) is 5.78 Å². The lowest BCUT2D eigenvalue weighted by atomic mass is 10.0. The quantitative estimate of drug-likeness (QED) is 0.503. The highest BCUT2D eigenvalue weighted by Crippen LogP contribution is 2.24. The first-order chi connectivity index (χ1) is 13.7. The van der Waals surface area contributed by atoms with Crippen molar-refractivity contribution in [2.75, 3.05) is 13.7 Å². The number of carbonyl (C=O) groups is 3. The van der Waals surface area contributed by atoms with Crippen molar-refractivity contribution in [2.24, 2.45) is 5.92 Å². The van der Waals surface area contributed by atoms with E-state index in [1.54, 1.807) is 34.9 Å². The van der Waals surface area contributed by atoms with Crippen molar-refractivity contribution in [1.82, 2.24) is 14.5 Å². The molecule has 2 rings (SSSR count). The summed E-state index contributed by atoms with van der Waals surface area (Å²) in [5.41, 5.74) is 2.99. The Morgan fingerprint density at radius 1 is 1.24 bits per heavy atom. The van der Waals surface area contributed by atoms with E-state index in [1.165, 1.54) is 7.11 Å². The van der Waals surface area contributed by atoms with E-state index >= 15 is 0 Å². The van der Waals surface area contributed by atoms with E-state index in [9.17, 15) is 14.4 Å². The van der Waals surface area contributed by atoms with Crippen LogP contribution in [0.2, 0.25) is 0 Å². The molecule has 2 aromatic rings. The number of pyridine rings is 1. The third-order valence-corrected chi connectivity index (χ3v) is 4.98. The summed E-state index contributed by atoms with van der Waals surface area (Å²) in [5, 5.41) is 0. The molecule has 7 nitrogen and oxygen atoms in total. The number of Topliss-reactive ketones (excluding diaryl/α,β-unsaturated/α-hetero) is 1. The molecule has 2 heterocycles. The maximum Gasteiger partial charge on any atom is 0.354 e. The Balaban J connectivity index is 2.40. The molecule has 0 unspecified atom stereocenters. The molecule has 1 amide bonds. The zero-order valence-corrected chi connectivity index (χ0v) is 18.0. The smallest absolute Gasteiger partial charge is 0.354 e. The second kappa shape index (κ2) is 9.49. The minimum absolute atomic E-state index is 0.0675. The standard InChI is InChI=1S/C22H29N3O4/c1-7-25-16(5)19(15(4)20(25)22(28)29-6)18(26)13-24(21(27)14(2)3)12-17-9-8-10-23-11-17/h8-11,14H,7,12-13H2,1-6H3. The van der Waals surface area contributed by atoms with Crippen molar-refractivity contribution in [1.29, 1.82) is 0 Å². The molecule has 7 heteroatoms. The third kappa shape index (κ3) is 4.72. The number of nitrogens with zero attached hydrogens (tertiary/aromatic N) is 3. The van der Waals surface area contributed by atoms with Crippen LogP contribution in [0.1, 0.15) is 58.4 Å². The number of methoxy groups -OCH3 is 1. The molecule has 0 aromatic carbocycles. The first-order valence-electron chi connectivity index (χ1n) is 9.71. The fourth-order valence-corrected chi connectivity index (χ4v) is 3.60. The van der Waals surface area contributed by atoms with Gasteiger partial charge < -0.3 is 14.2 Å². The van der Waals surface area contributed by atoms with E-state index in [4.69, 9.17) is 4.74 Å². The van der Waals surface area contributed by atoms with Crippen molar-refractivity contribution in [2.45, 2.75) is 47.7 Å². The Labute approximate surface area is 171 Å². The van der Waals surface area contributed by atoms with E-state index in [0.29, 0.717) is 35.6 Å². The van der Waals surface area contributed by atoms with Gasteiger partial charge in [-0.2, -0.15) is 0 Å². The fourth-order valence-electron chi connectivity index (χ4n) is 3.60. The summed E-state index contributed by atoms with van der Waals surface area (Å²) in [4.78, 5) is 43.8. The average molecular weight is 399 g/mol. The zero-order valence-electron chi connectivity index (χ0n) is 18.0. The highest BCUT2D eigenvalue weighted by atomic mass is 16.5. The summed E-state index contributed by atoms with van der Waals surface area (Å²) < 4.78 is 6.68. The van der Waals surface area contributed by atoms with Crippen LogP contribution in [-0.2, 0) is 22.6 Å². The number of ketones is 1. The molecule has 0 fully saturated rings. The van der Waals surface area contributed by atoms with Gasteiger partial charge >= 0.3 is 5.97 Å². The highest BCUT2D eigenvalue weighted by Gasteiger charge is 2.28. The van der Waals surface area contributed by atoms with Gasteiger partial charge in [0.25, 0.3) is 0 Å². The molecular formula is C22H29N3O4. The topological polar surface area (TPSA) is 81.5 Å². The van der Waals surface area contributed by atoms with E-state index < -0.39 is 5.97 Å². The predicted molar refractivity (Wildman–Crippen MR) is 110 cm³/mol. The normalized spacial score (nSPS) is 10.9. The minimum atomic E-state index is -0.475. The van der Waals surface area contributed by atoms with Crippen LogP contribution >= 0.6 is 0 Å². The molecule has 0 atom stereocenters. The molecular weight excluding hydrogens is 370 g/mol. The summed E-state index contributed by atoms with van der Waals surface area (Å²) in [6.45, 7) is 9.85. The molecule has 0 aliphatic heterocycles. The Hall–Kier alpha value is -2.96. The van der Waals surface area contributed by atoms with Crippen LogP contribution in [0.5, 0.6) is 0 Å². The van der Waals surface area contributed by atoms with Crippen LogP contribution in [-0.4, -0.2) is 45.8 Å². The lowest BCUT2D eigenvalue weighted by molar-refractivity contribution is -0.134. The van der Waals surface area contributed by atoms with Crippen molar-refractivity contribution in [3.8, 4) is 0 Å². The molecule has 0 aliphatic rings. The Morgan fingerprint density at radius 3 is 2.45 bits per heavy atom. The van der Waals surface area contributed by atoms with Crippen LogP contribution in [0.4, 0.5) is 0 Å². The number of esters is 1. The zero-order chi connectivity index (χ0) is 21.7. The van der Waals surface area contributed by atoms with Crippen molar-refractivity contribution in [3.63, 3.8) is 0 Å². The van der Waals surface area contributed by atoms with Gasteiger partial charge in [0, 0.05) is 42.7 Å². The van der Waals surface area contributed by atoms with Crippen LogP contribution in [0.25, 0.3) is 0 Å². The molecule has 0 saturated heterocycles. The highest BCUT2D eigenvalue weighted by molar-refractivity contribution is 6.04. The van der Waals surface area contributed by atoms with Gasteiger partial charge in [0.1, 0.15) is 5.69 Å². The largest absolute Gasteiger partial charge is 0.464 e. The Kier molecular flexibility index (Phi) is 7.31. The molecule has 29 heavy (non-hydrogen) atoms. The summed E-state index contributed by atoms with van der Waals surface area (Å²) in [6.07, 6.45) is 3.35. The van der Waals surface area contributed by atoms with Crippen molar-refractivity contribution < 1.29 is 19.1 Å². The van der Waals surface area contributed by atoms with Crippen LogP contribution in [0.15, 0.2) is 24.5 Å². The van der Waals surface area contributed by atoms with Gasteiger partial charge in [-0.1, -0.05) is 19.9 Å². The van der Waals surface area contributed by atoms with Gasteiger partial charge in [-0.05, 0) is 38.0 Å². The van der Waals surface area contributed by atoms with Gasteiger partial charge in [-0.3, -0.25) is 14.6 Å². The maximum atomic E-state index is 13.2. The van der Waals surface area contributed by atoms with Crippen LogP contribution in [0, 0.1) is 19.8 Å². The summed E-state index contributed by atoms with van der Waals surface area (Å²) in [5.74, 6) is -1.03. The maximum absolute atomic E-state index is 13.2.